The van der Waals surface area contributed by atoms with Gasteiger partial charge >= 0.3 is 0 Å². The number of nitrogens with two attached hydrogens (primary N) is 1. The van der Waals surface area contributed by atoms with Crippen molar-refractivity contribution in [2.45, 2.75) is 6.92 Å². The Bertz CT molecular complexity index is 520. The quantitative estimate of drug-likeness (QED) is 0.812. The lowest BCUT2D eigenvalue weighted by molar-refractivity contribution is 1.20. The van der Waals surface area contributed by atoms with Gasteiger partial charge in [0.1, 0.15) is 0 Å². The van der Waals surface area contributed by atoms with Gasteiger partial charge in [0.25, 0.3) is 0 Å². The number of halogens is 1. The third-order valence-corrected chi connectivity index (χ3v) is 3.23. The van der Waals surface area contributed by atoms with Gasteiger partial charge in [0, 0.05) is 29.1 Å². The highest BCUT2D eigenvalue weighted by Gasteiger charge is 2.05. The molecule has 2 aromatic rings. The summed E-state index contributed by atoms with van der Waals surface area (Å²) >= 11 is 6.12. The van der Waals surface area contributed by atoms with E-state index in [-0.39, 0.29) is 0 Å². The Balaban J connectivity index is 2.33. The highest BCUT2D eigenvalue weighted by atomic mass is 35.5. The van der Waals surface area contributed by atoms with Crippen LogP contribution in [-0.4, -0.2) is 7.05 Å². The number of anilines is 3. The molecule has 0 spiro atoms. The van der Waals surface area contributed by atoms with Crippen LogP contribution in [0.15, 0.2) is 42.5 Å². The Morgan fingerprint density at radius 2 is 1.59 bits per heavy atom. The van der Waals surface area contributed by atoms with Crippen molar-refractivity contribution in [2.75, 3.05) is 17.7 Å². The van der Waals surface area contributed by atoms with E-state index >= 15 is 0 Å². The maximum absolute atomic E-state index is 6.12. The fourth-order valence-electron chi connectivity index (χ4n) is 1.64. The van der Waals surface area contributed by atoms with Crippen molar-refractivity contribution in [1.29, 1.82) is 0 Å². The Hall–Kier alpha value is -1.67. The summed E-state index contributed by atoms with van der Waals surface area (Å²) in [4.78, 5) is 2.07. The van der Waals surface area contributed by atoms with E-state index in [1.165, 1.54) is 0 Å². The Morgan fingerprint density at radius 3 is 2.18 bits per heavy atom. The van der Waals surface area contributed by atoms with Crippen LogP contribution in [0.5, 0.6) is 0 Å². The molecule has 2 rings (SSSR count). The fourth-order valence-corrected chi connectivity index (χ4v) is 1.81. The topological polar surface area (TPSA) is 29.3 Å². The molecule has 0 aliphatic rings. The Morgan fingerprint density at radius 1 is 1.00 bits per heavy atom. The zero-order valence-electron chi connectivity index (χ0n) is 9.94. The minimum atomic E-state index is 0.768. The van der Waals surface area contributed by atoms with Crippen LogP contribution in [0, 0.1) is 6.92 Å². The SMILES string of the molecule is Cc1ccc(N(C)c2ccc(N)cc2)cc1Cl. The van der Waals surface area contributed by atoms with E-state index in [1.807, 2.05) is 50.4 Å². The van der Waals surface area contributed by atoms with E-state index in [4.69, 9.17) is 17.3 Å². The molecule has 0 saturated heterocycles. The van der Waals surface area contributed by atoms with Crippen LogP contribution in [0.25, 0.3) is 0 Å². The number of hydrogen-bond donors (Lipinski definition) is 1. The van der Waals surface area contributed by atoms with Crippen molar-refractivity contribution in [3.05, 3.63) is 53.1 Å². The summed E-state index contributed by atoms with van der Waals surface area (Å²) in [5.74, 6) is 0. The van der Waals surface area contributed by atoms with Crippen molar-refractivity contribution in [2.24, 2.45) is 0 Å². The number of nitrogens with zero attached hydrogens (tertiary/aromatic N) is 1. The standard InChI is InChI=1S/C14H15ClN2/c1-10-3-6-13(9-14(10)15)17(2)12-7-4-11(16)5-8-12/h3-9H,16H2,1-2H3. The van der Waals surface area contributed by atoms with E-state index in [0.717, 1.165) is 27.6 Å². The van der Waals surface area contributed by atoms with Gasteiger partial charge in [-0.25, -0.2) is 0 Å². The van der Waals surface area contributed by atoms with Gasteiger partial charge in [-0.15, -0.1) is 0 Å². The molecule has 0 heterocycles. The summed E-state index contributed by atoms with van der Waals surface area (Å²) in [7, 11) is 2.01. The van der Waals surface area contributed by atoms with Gasteiger partial charge < -0.3 is 10.6 Å². The molecular weight excluding hydrogens is 232 g/mol. The average Bonchev–Trinajstić information content (AvgIpc) is 2.33. The summed E-state index contributed by atoms with van der Waals surface area (Å²) < 4.78 is 0. The summed E-state index contributed by atoms with van der Waals surface area (Å²) in [6.07, 6.45) is 0. The van der Waals surface area contributed by atoms with Gasteiger partial charge in [0.2, 0.25) is 0 Å². The molecule has 17 heavy (non-hydrogen) atoms. The molecule has 2 N–H and O–H groups in total. The van der Waals surface area contributed by atoms with Crippen LogP contribution in [0.3, 0.4) is 0 Å². The van der Waals surface area contributed by atoms with Crippen molar-refractivity contribution >= 4 is 28.7 Å². The second kappa shape index (κ2) is 4.68. The highest BCUT2D eigenvalue weighted by Crippen LogP contribution is 2.28. The second-order valence-electron chi connectivity index (χ2n) is 4.08. The van der Waals surface area contributed by atoms with Crippen LogP contribution >= 0.6 is 11.6 Å². The predicted octanol–water partition coefficient (Wildman–Crippen LogP) is 4.00. The lowest BCUT2D eigenvalue weighted by Crippen LogP contribution is -2.09. The Labute approximate surface area is 107 Å². The number of rotatable bonds is 2. The first-order valence-electron chi connectivity index (χ1n) is 5.43. The first kappa shape index (κ1) is 11.8. The van der Waals surface area contributed by atoms with Crippen LogP contribution in [0.4, 0.5) is 17.1 Å². The summed E-state index contributed by atoms with van der Waals surface area (Å²) in [6.45, 7) is 2.00. The molecule has 0 bridgehead atoms. The lowest BCUT2D eigenvalue weighted by atomic mass is 10.2. The molecule has 0 radical (unpaired) electrons. The van der Waals surface area contributed by atoms with E-state index in [0.29, 0.717) is 0 Å². The van der Waals surface area contributed by atoms with Crippen molar-refractivity contribution in [3.63, 3.8) is 0 Å². The molecule has 0 aliphatic carbocycles. The molecule has 3 heteroatoms. The maximum Gasteiger partial charge on any atom is 0.0455 e. The van der Waals surface area contributed by atoms with E-state index in [1.54, 1.807) is 0 Å². The third kappa shape index (κ3) is 2.53. The van der Waals surface area contributed by atoms with Gasteiger partial charge in [-0.1, -0.05) is 17.7 Å². The first-order valence-corrected chi connectivity index (χ1v) is 5.81. The largest absolute Gasteiger partial charge is 0.399 e. The van der Waals surface area contributed by atoms with Gasteiger partial charge in [-0.3, -0.25) is 0 Å². The van der Waals surface area contributed by atoms with Crippen molar-refractivity contribution in [3.8, 4) is 0 Å². The molecule has 0 amide bonds. The molecule has 0 aromatic heterocycles. The minimum absolute atomic E-state index is 0.768. The Kier molecular flexibility index (Phi) is 3.25. The molecular formula is C14H15ClN2. The molecule has 0 unspecified atom stereocenters. The van der Waals surface area contributed by atoms with E-state index in [2.05, 4.69) is 11.0 Å². The number of aryl methyl sites for hydroxylation is 1. The monoisotopic (exact) mass is 246 g/mol. The highest BCUT2D eigenvalue weighted by molar-refractivity contribution is 6.31. The molecule has 0 fully saturated rings. The van der Waals surface area contributed by atoms with Gasteiger partial charge in [0.05, 0.1) is 0 Å². The van der Waals surface area contributed by atoms with E-state index < -0.39 is 0 Å². The molecule has 0 saturated carbocycles. The zero-order chi connectivity index (χ0) is 12.4. The van der Waals surface area contributed by atoms with Gasteiger partial charge in [0.15, 0.2) is 0 Å². The van der Waals surface area contributed by atoms with Gasteiger partial charge in [-0.05, 0) is 48.9 Å². The lowest BCUT2D eigenvalue weighted by Gasteiger charge is -2.20. The van der Waals surface area contributed by atoms with Gasteiger partial charge in [-0.2, -0.15) is 0 Å². The van der Waals surface area contributed by atoms with Crippen LogP contribution in [0.2, 0.25) is 5.02 Å². The number of nitrogen functional groups attached to an aromatic ring is 1. The fraction of sp³-hybridized carbons (Fsp3) is 0.143. The van der Waals surface area contributed by atoms with Crippen LogP contribution in [0.1, 0.15) is 5.56 Å². The third-order valence-electron chi connectivity index (χ3n) is 2.82. The van der Waals surface area contributed by atoms with Crippen LogP contribution < -0.4 is 10.6 Å². The molecule has 0 aliphatic heterocycles. The predicted molar refractivity (Wildman–Crippen MR) is 75.1 cm³/mol. The maximum atomic E-state index is 6.12. The summed E-state index contributed by atoms with van der Waals surface area (Å²) in [6, 6.07) is 13.8. The molecule has 2 nitrogen and oxygen atoms in total. The second-order valence-corrected chi connectivity index (χ2v) is 4.49. The van der Waals surface area contributed by atoms with Crippen molar-refractivity contribution in [1.82, 2.24) is 0 Å². The van der Waals surface area contributed by atoms with E-state index in [9.17, 15) is 0 Å². The summed E-state index contributed by atoms with van der Waals surface area (Å²) in [5, 5.41) is 0.782. The minimum Gasteiger partial charge on any atom is -0.399 e. The van der Waals surface area contributed by atoms with Crippen LogP contribution in [-0.2, 0) is 0 Å². The zero-order valence-corrected chi connectivity index (χ0v) is 10.7. The molecule has 2 aromatic carbocycles. The molecule has 0 atom stereocenters. The normalized spacial score (nSPS) is 10.3. The van der Waals surface area contributed by atoms with Crippen molar-refractivity contribution < 1.29 is 0 Å². The number of benzene rings is 2. The molecule has 88 valence electrons. The number of hydrogen-bond acceptors (Lipinski definition) is 2. The smallest absolute Gasteiger partial charge is 0.0455 e. The first-order chi connectivity index (χ1) is 8.08. The average molecular weight is 247 g/mol. The summed E-state index contributed by atoms with van der Waals surface area (Å²) in [5.41, 5.74) is 9.66.